The summed E-state index contributed by atoms with van der Waals surface area (Å²) < 4.78 is 36.0. The van der Waals surface area contributed by atoms with Crippen molar-refractivity contribution in [3.63, 3.8) is 0 Å². The van der Waals surface area contributed by atoms with Gasteiger partial charge < -0.3 is 15.2 Å². The molecular weight excluding hydrogens is 268 g/mol. The summed E-state index contributed by atoms with van der Waals surface area (Å²) >= 11 is 0. The van der Waals surface area contributed by atoms with E-state index in [1.54, 1.807) is 0 Å². The van der Waals surface area contributed by atoms with E-state index in [1.165, 1.54) is 0 Å². The minimum absolute atomic E-state index is 0.0371. The number of benzene rings is 1. The summed E-state index contributed by atoms with van der Waals surface area (Å²) in [6, 6.07) is 1.48. The Morgan fingerprint density at radius 1 is 1.20 bits per heavy atom. The Hall–Kier alpha value is -1.69. The summed E-state index contributed by atoms with van der Waals surface area (Å²) in [7, 11) is 0. The number of hydrogen-bond donors (Lipinski definition) is 1. The minimum Gasteiger partial charge on any atom is -0.460 e. The number of rotatable bonds is 7. The van der Waals surface area contributed by atoms with Gasteiger partial charge in [-0.15, -0.1) is 0 Å². The summed E-state index contributed by atoms with van der Waals surface area (Å²) in [6.07, 6.45) is 0.921. The van der Waals surface area contributed by atoms with Gasteiger partial charge in [-0.25, -0.2) is 13.6 Å². The fourth-order valence-electron chi connectivity index (χ4n) is 1.43. The average molecular weight is 287 g/mol. The van der Waals surface area contributed by atoms with Crippen LogP contribution in [-0.4, -0.2) is 25.8 Å². The van der Waals surface area contributed by atoms with E-state index in [-0.39, 0.29) is 24.5 Å². The first-order chi connectivity index (χ1) is 9.41. The topological polar surface area (TPSA) is 61.5 Å². The molecule has 1 rings (SSSR count). The van der Waals surface area contributed by atoms with Crippen molar-refractivity contribution in [2.45, 2.75) is 20.3 Å². The van der Waals surface area contributed by atoms with Crippen LogP contribution in [0.3, 0.4) is 0 Å². The molecule has 0 aliphatic carbocycles. The summed E-state index contributed by atoms with van der Waals surface area (Å²) in [6.45, 7) is 5.03. The Bertz CT molecular complexity index is 464. The molecule has 0 aromatic heterocycles. The lowest BCUT2D eigenvalue weighted by Crippen LogP contribution is -2.14. The van der Waals surface area contributed by atoms with E-state index in [0.717, 1.165) is 18.6 Å². The van der Waals surface area contributed by atoms with Gasteiger partial charge in [0.1, 0.15) is 6.61 Å². The number of anilines is 1. The van der Waals surface area contributed by atoms with Crippen LogP contribution in [0.2, 0.25) is 0 Å². The van der Waals surface area contributed by atoms with Crippen LogP contribution >= 0.6 is 0 Å². The fraction of sp³-hybridized carbons (Fsp3) is 0.500. The van der Waals surface area contributed by atoms with E-state index in [4.69, 9.17) is 15.2 Å². The summed E-state index contributed by atoms with van der Waals surface area (Å²) in [4.78, 5) is 11.6. The number of nitrogen functional groups attached to an aromatic ring is 1. The van der Waals surface area contributed by atoms with Crippen LogP contribution in [0.1, 0.15) is 30.6 Å². The summed E-state index contributed by atoms with van der Waals surface area (Å²) in [5.74, 6) is -2.50. The molecule has 0 atom stereocenters. The SMILES string of the molecule is CC(C)CCOCCOC(=O)c1cc(F)c(F)cc1N. The Morgan fingerprint density at radius 3 is 2.50 bits per heavy atom. The molecule has 2 N–H and O–H groups in total. The summed E-state index contributed by atoms with van der Waals surface area (Å²) in [5.41, 5.74) is 5.09. The molecule has 0 bridgehead atoms. The molecule has 4 nitrogen and oxygen atoms in total. The van der Waals surface area contributed by atoms with Crippen LogP contribution < -0.4 is 5.73 Å². The van der Waals surface area contributed by atoms with Crippen molar-refractivity contribution in [3.05, 3.63) is 29.3 Å². The van der Waals surface area contributed by atoms with Crippen molar-refractivity contribution in [1.29, 1.82) is 0 Å². The molecule has 6 heteroatoms. The van der Waals surface area contributed by atoms with Gasteiger partial charge in [0.15, 0.2) is 11.6 Å². The van der Waals surface area contributed by atoms with Gasteiger partial charge in [0.25, 0.3) is 0 Å². The van der Waals surface area contributed by atoms with Crippen molar-refractivity contribution in [1.82, 2.24) is 0 Å². The molecule has 0 heterocycles. The monoisotopic (exact) mass is 287 g/mol. The maximum atomic E-state index is 13.0. The molecule has 20 heavy (non-hydrogen) atoms. The minimum atomic E-state index is -1.14. The summed E-state index contributed by atoms with van der Waals surface area (Å²) in [5, 5.41) is 0. The fourth-order valence-corrected chi connectivity index (χ4v) is 1.43. The Labute approximate surface area is 116 Å². The van der Waals surface area contributed by atoms with Gasteiger partial charge in [0.05, 0.1) is 12.2 Å². The van der Waals surface area contributed by atoms with Gasteiger partial charge in [-0.05, 0) is 18.4 Å². The quantitative estimate of drug-likeness (QED) is 0.476. The maximum absolute atomic E-state index is 13.0. The van der Waals surface area contributed by atoms with Crippen molar-refractivity contribution < 1.29 is 23.0 Å². The normalized spacial score (nSPS) is 10.8. The number of carbonyl (C=O) groups excluding carboxylic acids is 1. The average Bonchev–Trinajstić information content (AvgIpc) is 2.37. The maximum Gasteiger partial charge on any atom is 0.340 e. The van der Waals surface area contributed by atoms with Crippen LogP contribution in [0.15, 0.2) is 12.1 Å². The van der Waals surface area contributed by atoms with E-state index in [0.29, 0.717) is 12.5 Å². The number of ether oxygens (including phenoxy) is 2. The standard InChI is InChI=1S/C14H19F2NO3/c1-9(2)3-4-19-5-6-20-14(18)10-7-11(15)12(16)8-13(10)17/h7-9H,3-6,17H2,1-2H3. The van der Waals surface area contributed by atoms with Crippen LogP contribution in [-0.2, 0) is 9.47 Å². The van der Waals surface area contributed by atoms with E-state index >= 15 is 0 Å². The molecule has 0 fully saturated rings. The van der Waals surface area contributed by atoms with Gasteiger partial charge in [-0.1, -0.05) is 13.8 Å². The van der Waals surface area contributed by atoms with Crippen LogP contribution in [0, 0.1) is 17.6 Å². The molecule has 0 spiro atoms. The molecule has 0 unspecified atom stereocenters. The second kappa shape index (κ2) is 7.79. The van der Waals surface area contributed by atoms with Crippen molar-refractivity contribution >= 4 is 11.7 Å². The van der Waals surface area contributed by atoms with Gasteiger partial charge in [0, 0.05) is 18.4 Å². The molecule has 1 aromatic carbocycles. The molecule has 0 amide bonds. The smallest absolute Gasteiger partial charge is 0.340 e. The third kappa shape index (κ3) is 5.13. The number of carbonyl (C=O) groups is 1. The third-order valence-corrected chi connectivity index (χ3v) is 2.61. The van der Waals surface area contributed by atoms with E-state index in [1.807, 2.05) is 0 Å². The predicted octanol–water partition coefficient (Wildman–Crippen LogP) is 2.77. The van der Waals surface area contributed by atoms with Gasteiger partial charge >= 0.3 is 5.97 Å². The molecule has 0 aliphatic rings. The highest BCUT2D eigenvalue weighted by Crippen LogP contribution is 2.17. The molecule has 1 aromatic rings. The zero-order chi connectivity index (χ0) is 15.1. The van der Waals surface area contributed by atoms with E-state index < -0.39 is 17.6 Å². The van der Waals surface area contributed by atoms with Gasteiger partial charge in [-0.3, -0.25) is 0 Å². The lowest BCUT2D eigenvalue weighted by molar-refractivity contribution is 0.0304. The third-order valence-electron chi connectivity index (χ3n) is 2.61. The highest BCUT2D eigenvalue weighted by atomic mass is 19.2. The lowest BCUT2D eigenvalue weighted by atomic mass is 10.1. The lowest BCUT2D eigenvalue weighted by Gasteiger charge is -2.09. The molecule has 0 saturated heterocycles. The molecule has 0 aliphatic heterocycles. The first-order valence-electron chi connectivity index (χ1n) is 6.41. The second-order valence-corrected chi connectivity index (χ2v) is 4.78. The van der Waals surface area contributed by atoms with Crippen molar-refractivity contribution in [2.24, 2.45) is 5.92 Å². The van der Waals surface area contributed by atoms with Crippen LogP contribution in [0.25, 0.3) is 0 Å². The zero-order valence-corrected chi connectivity index (χ0v) is 11.6. The molecule has 0 saturated carbocycles. The van der Waals surface area contributed by atoms with Crippen molar-refractivity contribution in [2.75, 3.05) is 25.6 Å². The van der Waals surface area contributed by atoms with Gasteiger partial charge in [0.2, 0.25) is 0 Å². The predicted molar refractivity (Wildman–Crippen MR) is 71.3 cm³/mol. The highest BCUT2D eigenvalue weighted by molar-refractivity contribution is 5.95. The largest absolute Gasteiger partial charge is 0.460 e. The van der Waals surface area contributed by atoms with Crippen molar-refractivity contribution in [3.8, 4) is 0 Å². The Morgan fingerprint density at radius 2 is 1.85 bits per heavy atom. The zero-order valence-electron chi connectivity index (χ0n) is 11.6. The van der Waals surface area contributed by atoms with E-state index in [2.05, 4.69) is 13.8 Å². The first-order valence-corrected chi connectivity index (χ1v) is 6.41. The number of halogens is 2. The van der Waals surface area contributed by atoms with Crippen LogP contribution in [0.4, 0.5) is 14.5 Å². The molecule has 0 radical (unpaired) electrons. The number of hydrogen-bond acceptors (Lipinski definition) is 4. The second-order valence-electron chi connectivity index (χ2n) is 4.78. The number of esters is 1. The Balaban J connectivity index is 2.38. The number of nitrogens with two attached hydrogens (primary N) is 1. The van der Waals surface area contributed by atoms with Gasteiger partial charge in [-0.2, -0.15) is 0 Å². The highest BCUT2D eigenvalue weighted by Gasteiger charge is 2.15. The van der Waals surface area contributed by atoms with Crippen LogP contribution in [0.5, 0.6) is 0 Å². The molecular formula is C14H19F2NO3. The Kier molecular flexibility index (Phi) is 6.38. The van der Waals surface area contributed by atoms with E-state index in [9.17, 15) is 13.6 Å². The first kappa shape index (κ1) is 16.4. The molecule has 112 valence electrons.